The van der Waals surface area contributed by atoms with Gasteiger partial charge < -0.3 is 10.6 Å². The Balaban J connectivity index is 2.14. The van der Waals surface area contributed by atoms with E-state index in [1.165, 1.54) is 0 Å². The maximum atomic E-state index is 11.2. The van der Waals surface area contributed by atoms with Crippen molar-refractivity contribution in [2.24, 2.45) is 0 Å². The number of halogens is 1. The van der Waals surface area contributed by atoms with Gasteiger partial charge in [-0.05, 0) is 12.1 Å². The van der Waals surface area contributed by atoms with Crippen LogP contribution < -0.4 is 10.6 Å². The maximum absolute atomic E-state index is 11.2. The number of amides is 1. The number of nitrogens with one attached hydrogen (secondary N) is 2. The second-order valence-electron chi connectivity index (χ2n) is 3.55. The minimum Gasteiger partial charge on any atom is -0.365 e. The molecule has 0 saturated heterocycles. The van der Waals surface area contributed by atoms with Crippen LogP contribution in [0.5, 0.6) is 0 Å². The standard InChI is InChI=1S/C12H12BrN3OS/c1-14-12-16-10(7-18-12)8-2-4-9(5-3-8)15-11(17)6-13/h2-5,7H,6H2,1H3,(H,14,16)(H,15,17). The van der Waals surface area contributed by atoms with E-state index in [0.29, 0.717) is 5.33 Å². The van der Waals surface area contributed by atoms with Gasteiger partial charge in [0.1, 0.15) is 0 Å². The highest BCUT2D eigenvalue weighted by Gasteiger charge is 2.04. The van der Waals surface area contributed by atoms with Gasteiger partial charge in [0, 0.05) is 23.7 Å². The molecule has 18 heavy (non-hydrogen) atoms. The second-order valence-corrected chi connectivity index (χ2v) is 4.97. The van der Waals surface area contributed by atoms with E-state index in [4.69, 9.17) is 0 Å². The molecule has 0 atom stereocenters. The van der Waals surface area contributed by atoms with Gasteiger partial charge in [0.05, 0.1) is 11.0 Å². The van der Waals surface area contributed by atoms with Crippen molar-refractivity contribution < 1.29 is 4.79 Å². The number of nitrogens with zero attached hydrogens (tertiary/aromatic N) is 1. The molecule has 0 fully saturated rings. The zero-order chi connectivity index (χ0) is 13.0. The third kappa shape index (κ3) is 3.08. The average molecular weight is 326 g/mol. The van der Waals surface area contributed by atoms with Gasteiger partial charge in [-0.2, -0.15) is 0 Å². The van der Waals surface area contributed by atoms with Crippen molar-refractivity contribution in [1.29, 1.82) is 0 Å². The lowest BCUT2D eigenvalue weighted by molar-refractivity contribution is -0.113. The Bertz CT molecular complexity index is 539. The van der Waals surface area contributed by atoms with Crippen molar-refractivity contribution in [2.75, 3.05) is 23.0 Å². The van der Waals surface area contributed by atoms with Crippen molar-refractivity contribution in [2.45, 2.75) is 0 Å². The van der Waals surface area contributed by atoms with Crippen molar-refractivity contribution >= 4 is 44.0 Å². The number of carbonyl (C=O) groups excluding carboxylic acids is 1. The fraction of sp³-hybridized carbons (Fsp3) is 0.167. The van der Waals surface area contributed by atoms with E-state index >= 15 is 0 Å². The lowest BCUT2D eigenvalue weighted by Gasteiger charge is -2.03. The summed E-state index contributed by atoms with van der Waals surface area (Å²) in [6.45, 7) is 0. The smallest absolute Gasteiger partial charge is 0.235 e. The van der Waals surface area contributed by atoms with Crippen LogP contribution in [0.15, 0.2) is 29.6 Å². The monoisotopic (exact) mass is 325 g/mol. The Kier molecular flexibility index (Phi) is 4.33. The quantitative estimate of drug-likeness (QED) is 0.849. The minimum absolute atomic E-state index is 0.0612. The van der Waals surface area contributed by atoms with Crippen molar-refractivity contribution in [1.82, 2.24) is 4.98 Å². The zero-order valence-electron chi connectivity index (χ0n) is 9.74. The summed E-state index contributed by atoms with van der Waals surface area (Å²) >= 11 is 4.67. The normalized spacial score (nSPS) is 10.1. The number of hydrogen-bond donors (Lipinski definition) is 2. The molecule has 0 aliphatic rings. The molecule has 94 valence electrons. The van der Waals surface area contributed by atoms with Crippen LogP contribution in [-0.2, 0) is 4.79 Å². The lowest BCUT2D eigenvalue weighted by atomic mass is 10.1. The summed E-state index contributed by atoms with van der Waals surface area (Å²) in [6, 6.07) is 7.62. The predicted molar refractivity (Wildman–Crippen MR) is 79.5 cm³/mol. The number of hydrogen-bond acceptors (Lipinski definition) is 4. The Morgan fingerprint density at radius 3 is 2.67 bits per heavy atom. The molecule has 0 radical (unpaired) electrons. The maximum Gasteiger partial charge on any atom is 0.235 e. The highest BCUT2D eigenvalue weighted by atomic mass is 79.9. The van der Waals surface area contributed by atoms with Gasteiger partial charge in [0.15, 0.2) is 5.13 Å². The first-order valence-electron chi connectivity index (χ1n) is 5.32. The molecule has 2 N–H and O–H groups in total. The number of aromatic nitrogens is 1. The third-order valence-electron chi connectivity index (χ3n) is 2.30. The molecule has 1 heterocycles. The van der Waals surface area contributed by atoms with Crippen LogP contribution in [0.2, 0.25) is 0 Å². The molecule has 4 nitrogen and oxygen atoms in total. The molecule has 2 aromatic rings. The fourth-order valence-corrected chi connectivity index (χ4v) is 2.26. The molecule has 0 bridgehead atoms. The first-order chi connectivity index (χ1) is 8.72. The Labute approximate surface area is 118 Å². The number of benzene rings is 1. The van der Waals surface area contributed by atoms with E-state index < -0.39 is 0 Å². The van der Waals surface area contributed by atoms with Crippen LogP contribution in [0.1, 0.15) is 0 Å². The largest absolute Gasteiger partial charge is 0.365 e. The molecule has 0 aliphatic heterocycles. The van der Waals surface area contributed by atoms with Gasteiger partial charge in [0.2, 0.25) is 5.91 Å². The fourth-order valence-electron chi connectivity index (χ4n) is 1.44. The molecule has 0 saturated carbocycles. The van der Waals surface area contributed by atoms with E-state index in [-0.39, 0.29) is 5.91 Å². The van der Waals surface area contributed by atoms with Gasteiger partial charge in [0.25, 0.3) is 0 Å². The summed E-state index contributed by atoms with van der Waals surface area (Å²) in [5.41, 5.74) is 2.75. The highest BCUT2D eigenvalue weighted by molar-refractivity contribution is 9.09. The summed E-state index contributed by atoms with van der Waals surface area (Å²) in [7, 11) is 1.85. The summed E-state index contributed by atoms with van der Waals surface area (Å²) in [6.07, 6.45) is 0. The van der Waals surface area contributed by atoms with Crippen LogP contribution in [0.25, 0.3) is 11.3 Å². The molecule has 0 spiro atoms. The molecular weight excluding hydrogens is 314 g/mol. The van der Waals surface area contributed by atoms with Crippen LogP contribution in [0, 0.1) is 0 Å². The molecule has 2 rings (SSSR count). The molecule has 1 amide bonds. The molecule has 0 unspecified atom stereocenters. The van der Waals surface area contributed by atoms with E-state index in [0.717, 1.165) is 22.1 Å². The number of anilines is 2. The first-order valence-corrected chi connectivity index (χ1v) is 7.32. The summed E-state index contributed by atoms with van der Waals surface area (Å²) < 4.78 is 0. The van der Waals surface area contributed by atoms with Crippen LogP contribution >= 0.6 is 27.3 Å². The summed E-state index contributed by atoms with van der Waals surface area (Å²) in [5, 5.41) is 8.96. The lowest BCUT2D eigenvalue weighted by Crippen LogP contribution is -2.11. The molecular formula is C12H12BrN3OS. The first kappa shape index (κ1) is 13.0. The highest BCUT2D eigenvalue weighted by Crippen LogP contribution is 2.25. The van der Waals surface area contributed by atoms with Crippen molar-refractivity contribution in [3.63, 3.8) is 0 Å². The van der Waals surface area contributed by atoms with Crippen LogP contribution in [-0.4, -0.2) is 23.3 Å². The minimum atomic E-state index is -0.0612. The van der Waals surface area contributed by atoms with E-state index in [1.54, 1.807) is 11.3 Å². The Morgan fingerprint density at radius 2 is 2.11 bits per heavy atom. The molecule has 1 aromatic carbocycles. The Hall–Kier alpha value is -1.40. The van der Waals surface area contributed by atoms with E-state index in [9.17, 15) is 4.79 Å². The molecule has 6 heteroatoms. The zero-order valence-corrected chi connectivity index (χ0v) is 12.1. The summed E-state index contributed by atoms with van der Waals surface area (Å²) in [4.78, 5) is 15.6. The van der Waals surface area contributed by atoms with Gasteiger partial charge in [-0.25, -0.2) is 4.98 Å². The number of rotatable bonds is 4. The average Bonchev–Trinajstić information content (AvgIpc) is 2.88. The van der Waals surface area contributed by atoms with Gasteiger partial charge in [-0.1, -0.05) is 28.1 Å². The number of carbonyl (C=O) groups is 1. The Morgan fingerprint density at radius 1 is 1.39 bits per heavy atom. The number of thiazole rings is 1. The van der Waals surface area contributed by atoms with Crippen molar-refractivity contribution in [3.05, 3.63) is 29.6 Å². The van der Waals surface area contributed by atoms with Gasteiger partial charge >= 0.3 is 0 Å². The molecule has 0 aliphatic carbocycles. The van der Waals surface area contributed by atoms with E-state index in [2.05, 4.69) is 31.5 Å². The van der Waals surface area contributed by atoms with Crippen LogP contribution in [0.3, 0.4) is 0 Å². The SMILES string of the molecule is CNc1nc(-c2ccc(NC(=O)CBr)cc2)cs1. The van der Waals surface area contributed by atoms with Gasteiger partial charge in [-0.15, -0.1) is 11.3 Å². The predicted octanol–water partition coefficient (Wildman–Crippen LogP) is 3.19. The second kappa shape index (κ2) is 5.97. The van der Waals surface area contributed by atoms with E-state index in [1.807, 2.05) is 36.7 Å². The topological polar surface area (TPSA) is 54.0 Å². The third-order valence-corrected chi connectivity index (χ3v) is 3.67. The molecule has 1 aromatic heterocycles. The van der Waals surface area contributed by atoms with Gasteiger partial charge in [-0.3, -0.25) is 4.79 Å². The number of alkyl halides is 1. The van der Waals surface area contributed by atoms with Crippen molar-refractivity contribution in [3.8, 4) is 11.3 Å². The van der Waals surface area contributed by atoms with Crippen LogP contribution in [0.4, 0.5) is 10.8 Å². The summed E-state index contributed by atoms with van der Waals surface area (Å²) in [5.74, 6) is -0.0612.